The van der Waals surface area contributed by atoms with Gasteiger partial charge in [-0.1, -0.05) is 42.5 Å². The molecule has 0 aliphatic carbocycles. The Morgan fingerprint density at radius 2 is 1.74 bits per heavy atom. The summed E-state index contributed by atoms with van der Waals surface area (Å²) in [6, 6.07) is 13.8. The molecule has 2 aromatic carbocycles. The van der Waals surface area contributed by atoms with E-state index in [-0.39, 0.29) is 11.9 Å². The average molecular weight is 309 g/mol. The summed E-state index contributed by atoms with van der Waals surface area (Å²) in [5.41, 5.74) is 0.296. The van der Waals surface area contributed by atoms with Gasteiger partial charge in [0.1, 0.15) is 5.54 Å². The minimum atomic E-state index is -0.701. The van der Waals surface area contributed by atoms with Crippen molar-refractivity contribution in [2.24, 2.45) is 0 Å². The van der Waals surface area contributed by atoms with Gasteiger partial charge in [0.15, 0.2) is 0 Å². The van der Waals surface area contributed by atoms with E-state index in [0.29, 0.717) is 19.4 Å². The number of rotatable bonds is 2. The highest BCUT2D eigenvalue weighted by Gasteiger charge is 2.51. The second-order valence-electron chi connectivity index (χ2n) is 6.29. The van der Waals surface area contributed by atoms with Gasteiger partial charge in [-0.15, -0.1) is 0 Å². The predicted octanol–water partition coefficient (Wildman–Crippen LogP) is 2.01. The molecule has 2 aromatic rings. The van der Waals surface area contributed by atoms with Crippen LogP contribution in [0, 0.1) is 0 Å². The quantitative estimate of drug-likeness (QED) is 0.834. The first-order valence-corrected chi connectivity index (χ1v) is 8.01. The van der Waals surface area contributed by atoms with Crippen LogP contribution in [0.3, 0.4) is 0 Å². The van der Waals surface area contributed by atoms with Gasteiger partial charge in [-0.2, -0.15) is 0 Å². The summed E-state index contributed by atoms with van der Waals surface area (Å²) in [6.45, 7) is 1.84. The van der Waals surface area contributed by atoms with Crippen LogP contribution in [0.5, 0.6) is 0 Å². The first-order chi connectivity index (χ1) is 11.2. The fourth-order valence-corrected chi connectivity index (χ4v) is 3.61. The van der Waals surface area contributed by atoms with Gasteiger partial charge < -0.3 is 10.6 Å². The molecule has 0 atom stereocenters. The van der Waals surface area contributed by atoms with Crippen molar-refractivity contribution in [2.75, 3.05) is 13.1 Å². The Morgan fingerprint density at radius 3 is 2.57 bits per heavy atom. The van der Waals surface area contributed by atoms with Crippen LogP contribution in [0.4, 0.5) is 4.79 Å². The highest BCUT2D eigenvalue weighted by Crippen LogP contribution is 2.29. The van der Waals surface area contributed by atoms with E-state index in [9.17, 15) is 9.59 Å². The van der Waals surface area contributed by atoms with E-state index >= 15 is 0 Å². The van der Waals surface area contributed by atoms with E-state index in [0.717, 1.165) is 29.4 Å². The van der Waals surface area contributed by atoms with Crippen molar-refractivity contribution < 1.29 is 9.59 Å². The molecule has 4 rings (SSSR count). The minimum absolute atomic E-state index is 0.0862. The van der Waals surface area contributed by atoms with Gasteiger partial charge in [0.2, 0.25) is 0 Å². The number of nitrogens with zero attached hydrogens (tertiary/aromatic N) is 1. The molecule has 23 heavy (non-hydrogen) atoms. The Balaban J connectivity index is 1.65. The Bertz CT molecular complexity index is 775. The lowest BCUT2D eigenvalue weighted by Gasteiger charge is -2.31. The number of hydrogen-bond acceptors (Lipinski definition) is 3. The average Bonchev–Trinajstić information content (AvgIpc) is 2.80. The molecule has 0 bridgehead atoms. The second kappa shape index (κ2) is 5.35. The third-order valence-electron chi connectivity index (χ3n) is 4.91. The van der Waals surface area contributed by atoms with E-state index in [1.165, 1.54) is 4.90 Å². The summed E-state index contributed by atoms with van der Waals surface area (Å²) in [5.74, 6) is -0.0862. The first-order valence-electron chi connectivity index (χ1n) is 8.01. The lowest BCUT2D eigenvalue weighted by Crippen LogP contribution is -2.53. The number of carbonyl (C=O) groups is 2. The number of carbonyl (C=O) groups excluding carboxylic acids is 2. The Kier molecular flexibility index (Phi) is 3.31. The smallest absolute Gasteiger partial charge is 0.323 e. The standard InChI is InChI=1S/C18H19N3O2/c22-16-18(8-10-19-11-9-18)20-17(23)21(16)12-14-6-3-5-13-4-1-2-7-15(13)14/h1-7,19H,8-12H2,(H,20,23). The van der Waals surface area contributed by atoms with Crippen molar-refractivity contribution in [3.8, 4) is 0 Å². The summed E-state index contributed by atoms with van der Waals surface area (Å²) in [5, 5.41) is 8.38. The lowest BCUT2D eigenvalue weighted by molar-refractivity contribution is -0.132. The second-order valence-corrected chi connectivity index (χ2v) is 6.29. The Labute approximate surface area is 134 Å². The van der Waals surface area contributed by atoms with Gasteiger partial charge in [0, 0.05) is 0 Å². The molecular formula is C18H19N3O2. The van der Waals surface area contributed by atoms with Crippen LogP contribution in [0.1, 0.15) is 18.4 Å². The lowest BCUT2D eigenvalue weighted by atomic mass is 9.88. The summed E-state index contributed by atoms with van der Waals surface area (Å²) >= 11 is 0. The molecule has 0 saturated carbocycles. The van der Waals surface area contributed by atoms with Crippen LogP contribution in [-0.4, -0.2) is 35.5 Å². The third kappa shape index (κ3) is 2.28. The first kappa shape index (κ1) is 14.2. The van der Waals surface area contributed by atoms with Gasteiger partial charge in [-0.05, 0) is 42.3 Å². The number of benzene rings is 2. The zero-order chi connectivity index (χ0) is 15.9. The fraction of sp³-hybridized carbons (Fsp3) is 0.333. The summed E-state index contributed by atoms with van der Waals surface area (Å²) in [6.07, 6.45) is 1.31. The van der Waals surface area contributed by atoms with Crippen molar-refractivity contribution in [3.63, 3.8) is 0 Å². The van der Waals surface area contributed by atoms with Gasteiger partial charge >= 0.3 is 6.03 Å². The molecule has 2 aliphatic rings. The van der Waals surface area contributed by atoms with E-state index in [2.05, 4.69) is 10.6 Å². The molecule has 0 unspecified atom stereocenters. The molecule has 2 heterocycles. The molecule has 3 amide bonds. The number of imide groups is 1. The zero-order valence-electron chi connectivity index (χ0n) is 12.8. The van der Waals surface area contributed by atoms with E-state index in [1.54, 1.807) is 0 Å². The molecule has 0 radical (unpaired) electrons. The maximum absolute atomic E-state index is 12.8. The molecule has 2 saturated heterocycles. The molecule has 118 valence electrons. The normalized spacial score (nSPS) is 20.3. The van der Waals surface area contributed by atoms with Gasteiger partial charge in [0.25, 0.3) is 5.91 Å². The van der Waals surface area contributed by atoms with Gasteiger partial charge in [-0.25, -0.2) is 4.79 Å². The zero-order valence-corrected chi connectivity index (χ0v) is 12.8. The SMILES string of the molecule is O=C1NC2(CCNCC2)C(=O)N1Cc1cccc2ccccc12. The highest BCUT2D eigenvalue weighted by atomic mass is 16.2. The minimum Gasteiger partial charge on any atom is -0.323 e. The van der Waals surface area contributed by atoms with Crippen molar-refractivity contribution in [2.45, 2.75) is 24.9 Å². The maximum atomic E-state index is 12.8. The summed E-state index contributed by atoms with van der Waals surface area (Å²) in [4.78, 5) is 26.6. The maximum Gasteiger partial charge on any atom is 0.325 e. The highest BCUT2D eigenvalue weighted by molar-refractivity contribution is 6.07. The number of urea groups is 1. The van der Waals surface area contributed by atoms with E-state index in [4.69, 9.17) is 0 Å². The number of fused-ring (bicyclic) bond motifs is 1. The van der Waals surface area contributed by atoms with Gasteiger partial charge in [0.05, 0.1) is 6.54 Å². The van der Waals surface area contributed by atoms with Crippen LogP contribution in [0.2, 0.25) is 0 Å². The summed E-state index contributed by atoms with van der Waals surface area (Å²) in [7, 11) is 0. The van der Waals surface area contributed by atoms with E-state index in [1.807, 2.05) is 42.5 Å². The molecule has 1 spiro atoms. The molecule has 2 N–H and O–H groups in total. The fourth-order valence-electron chi connectivity index (χ4n) is 3.61. The molecule has 5 heteroatoms. The Morgan fingerprint density at radius 1 is 1.00 bits per heavy atom. The number of piperidine rings is 1. The van der Waals surface area contributed by atoms with Gasteiger partial charge in [-0.3, -0.25) is 9.69 Å². The van der Waals surface area contributed by atoms with Crippen LogP contribution in [0.25, 0.3) is 10.8 Å². The number of hydrogen-bond donors (Lipinski definition) is 2. The predicted molar refractivity (Wildman–Crippen MR) is 87.9 cm³/mol. The number of amides is 3. The Hall–Kier alpha value is -2.40. The van der Waals surface area contributed by atoms with Crippen molar-refractivity contribution in [3.05, 3.63) is 48.0 Å². The monoisotopic (exact) mass is 309 g/mol. The molecule has 5 nitrogen and oxygen atoms in total. The third-order valence-corrected chi connectivity index (χ3v) is 4.91. The van der Waals surface area contributed by atoms with Crippen molar-refractivity contribution in [1.82, 2.24) is 15.5 Å². The van der Waals surface area contributed by atoms with Crippen LogP contribution < -0.4 is 10.6 Å². The number of nitrogens with one attached hydrogen (secondary N) is 2. The largest absolute Gasteiger partial charge is 0.325 e. The molecule has 2 fully saturated rings. The van der Waals surface area contributed by atoms with Crippen molar-refractivity contribution >= 4 is 22.7 Å². The van der Waals surface area contributed by atoms with Crippen LogP contribution in [0.15, 0.2) is 42.5 Å². The molecule has 0 aromatic heterocycles. The summed E-state index contributed by atoms with van der Waals surface area (Å²) < 4.78 is 0. The van der Waals surface area contributed by atoms with Crippen molar-refractivity contribution in [1.29, 1.82) is 0 Å². The van der Waals surface area contributed by atoms with Crippen LogP contribution >= 0.6 is 0 Å². The topological polar surface area (TPSA) is 61.4 Å². The molecule has 2 aliphatic heterocycles. The van der Waals surface area contributed by atoms with E-state index < -0.39 is 5.54 Å². The molecular weight excluding hydrogens is 290 g/mol. The van der Waals surface area contributed by atoms with Crippen LogP contribution in [-0.2, 0) is 11.3 Å².